The summed E-state index contributed by atoms with van der Waals surface area (Å²) in [7, 11) is -2.58. The van der Waals surface area contributed by atoms with E-state index in [4.69, 9.17) is 5.14 Å². The molecule has 132 valence electrons. The summed E-state index contributed by atoms with van der Waals surface area (Å²) in [5.74, 6) is -0.496. The highest BCUT2D eigenvalue weighted by atomic mass is 79.9. The summed E-state index contributed by atoms with van der Waals surface area (Å²) in [6, 6.07) is 1.29. The van der Waals surface area contributed by atoms with E-state index in [0.29, 0.717) is 4.47 Å². The number of nitrogens with two attached hydrogens (primary N) is 1. The van der Waals surface area contributed by atoms with E-state index in [0.717, 1.165) is 0 Å². The summed E-state index contributed by atoms with van der Waals surface area (Å²) in [6.07, 6.45) is 2.66. The lowest BCUT2D eigenvalue weighted by Gasteiger charge is -2.12. The van der Waals surface area contributed by atoms with E-state index in [2.05, 4.69) is 25.3 Å². The monoisotopic (exact) mass is 427 g/mol. The standard InChI is InChI=1S/C10H12BrFN2OS.C4H11NOS/c1-10(2,3)16(15)14-6-9-8(12)4-7(11)5-13-9;1-4(2,3)7(5)6/h4-6H,1-3H3;5H2,1-3H3/t;7-/m.1/s1. The van der Waals surface area contributed by atoms with Crippen LogP contribution in [-0.4, -0.2) is 29.1 Å². The molecule has 2 atom stereocenters. The zero-order valence-corrected chi connectivity index (χ0v) is 17.3. The van der Waals surface area contributed by atoms with Crippen molar-refractivity contribution >= 4 is 44.1 Å². The lowest BCUT2D eigenvalue weighted by atomic mass is 10.3. The molecule has 0 saturated carbocycles. The predicted octanol–water partition coefficient (Wildman–Crippen LogP) is 3.27. The minimum absolute atomic E-state index is 0.0841. The maximum atomic E-state index is 13.3. The third-order valence-corrected chi connectivity index (χ3v) is 5.22. The number of halogens is 2. The molecule has 2 N–H and O–H groups in total. The Bertz CT molecular complexity index is 611. The predicted molar refractivity (Wildman–Crippen MR) is 99.5 cm³/mol. The molecule has 0 radical (unpaired) electrons. The Morgan fingerprint density at radius 3 is 2.04 bits per heavy atom. The average Bonchev–Trinajstić information content (AvgIpc) is 2.35. The summed E-state index contributed by atoms with van der Waals surface area (Å²) in [5, 5.41) is 5.04. The first-order chi connectivity index (χ1) is 10.2. The Balaban J connectivity index is 0.000000585. The van der Waals surface area contributed by atoms with Gasteiger partial charge in [-0.1, -0.05) is 0 Å². The fourth-order valence-electron chi connectivity index (χ4n) is 0.776. The normalized spacial score (nSPS) is 15.0. The number of pyridine rings is 1. The molecule has 5 nitrogen and oxygen atoms in total. The van der Waals surface area contributed by atoms with Crippen molar-refractivity contribution in [2.24, 2.45) is 9.54 Å². The maximum absolute atomic E-state index is 13.3. The summed E-state index contributed by atoms with van der Waals surface area (Å²) >= 11 is 3.10. The van der Waals surface area contributed by atoms with Crippen LogP contribution in [0.4, 0.5) is 4.39 Å². The summed E-state index contributed by atoms with van der Waals surface area (Å²) < 4.78 is 38.9. The summed E-state index contributed by atoms with van der Waals surface area (Å²) in [4.78, 5) is 3.83. The van der Waals surface area contributed by atoms with Gasteiger partial charge in [0.15, 0.2) is 5.82 Å². The Kier molecular flexibility index (Phi) is 8.90. The van der Waals surface area contributed by atoms with Gasteiger partial charge in [0.2, 0.25) is 0 Å². The number of hydrogen-bond acceptors (Lipinski definition) is 3. The minimum Gasteiger partial charge on any atom is -0.251 e. The second-order valence-corrected chi connectivity index (χ2v) is 11.2. The molecule has 1 heterocycles. The molecule has 0 aromatic carbocycles. The number of rotatable bonds is 2. The van der Waals surface area contributed by atoms with E-state index in [9.17, 15) is 12.8 Å². The van der Waals surface area contributed by atoms with Crippen LogP contribution in [0, 0.1) is 5.82 Å². The highest BCUT2D eigenvalue weighted by molar-refractivity contribution is 9.10. The van der Waals surface area contributed by atoms with Crippen molar-refractivity contribution in [1.82, 2.24) is 4.98 Å². The summed E-state index contributed by atoms with van der Waals surface area (Å²) in [6.45, 7) is 10.9. The molecule has 0 amide bonds. The zero-order valence-electron chi connectivity index (χ0n) is 14.1. The van der Waals surface area contributed by atoms with Gasteiger partial charge in [-0.25, -0.2) is 12.8 Å². The molecule has 1 rings (SSSR count). The summed E-state index contributed by atoms with van der Waals surface area (Å²) in [5.41, 5.74) is 0.0841. The highest BCUT2D eigenvalue weighted by Crippen LogP contribution is 2.14. The Hall–Kier alpha value is -0.510. The number of aromatic nitrogens is 1. The van der Waals surface area contributed by atoms with Crippen LogP contribution in [0.25, 0.3) is 0 Å². The van der Waals surface area contributed by atoms with Crippen molar-refractivity contribution in [2.45, 2.75) is 51.0 Å². The first-order valence-corrected chi connectivity index (χ1v) is 9.80. The van der Waals surface area contributed by atoms with Gasteiger partial charge in [0.05, 0.1) is 26.7 Å². The molecule has 1 aromatic rings. The molecule has 9 heteroatoms. The SMILES string of the molecule is CC(C)(C)S(=O)N=Cc1ncc(Br)cc1F.CC(C)(C)[S@](N)=O. The van der Waals surface area contributed by atoms with Gasteiger partial charge in [0, 0.05) is 10.7 Å². The van der Waals surface area contributed by atoms with Crippen molar-refractivity contribution in [1.29, 1.82) is 0 Å². The fourth-order valence-corrected chi connectivity index (χ4v) is 1.59. The van der Waals surface area contributed by atoms with Crippen molar-refractivity contribution in [3.05, 3.63) is 28.2 Å². The smallest absolute Gasteiger partial charge is 0.151 e. The second-order valence-electron chi connectivity index (χ2n) is 6.53. The Morgan fingerprint density at radius 1 is 1.22 bits per heavy atom. The van der Waals surface area contributed by atoms with Gasteiger partial charge in [-0.15, -0.1) is 0 Å². The van der Waals surface area contributed by atoms with Gasteiger partial charge in [-0.3, -0.25) is 10.1 Å². The zero-order chi connectivity index (χ0) is 18.4. The van der Waals surface area contributed by atoms with Gasteiger partial charge in [0.25, 0.3) is 0 Å². The van der Waals surface area contributed by atoms with E-state index in [1.54, 1.807) is 20.8 Å². The minimum atomic E-state index is -1.40. The molecule has 1 unspecified atom stereocenters. The number of nitrogens with zero attached hydrogens (tertiary/aromatic N) is 2. The van der Waals surface area contributed by atoms with Crippen LogP contribution in [0.1, 0.15) is 47.2 Å². The molecule has 0 aliphatic rings. The van der Waals surface area contributed by atoms with Gasteiger partial charge in [-0.2, -0.15) is 4.40 Å². The van der Waals surface area contributed by atoms with Crippen LogP contribution in [0.2, 0.25) is 0 Å². The molecule has 0 aliphatic heterocycles. The first-order valence-electron chi connectivity index (χ1n) is 6.68. The topological polar surface area (TPSA) is 85.4 Å². The van der Waals surface area contributed by atoms with Gasteiger partial charge >= 0.3 is 0 Å². The van der Waals surface area contributed by atoms with E-state index in [1.807, 2.05) is 20.8 Å². The molecule has 0 bridgehead atoms. The molecule has 23 heavy (non-hydrogen) atoms. The van der Waals surface area contributed by atoms with Gasteiger partial charge in [-0.05, 0) is 63.5 Å². The molecular formula is C14H23BrFN3O2S2. The van der Waals surface area contributed by atoms with Crippen LogP contribution in [0.3, 0.4) is 0 Å². The largest absolute Gasteiger partial charge is 0.251 e. The van der Waals surface area contributed by atoms with Crippen LogP contribution >= 0.6 is 15.9 Å². The lowest BCUT2D eigenvalue weighted by molar-refractivity contribution is 0.618. The second kappa shape index (κ2) is 9.10. The molecule has 0 aliphatic carbocycles. The molecule has 0 saturated heterocycles. The number of hydrogen-bond donors (Lipinski definition) is 1. The average molecular weight is 428 g/mol. The molecular weight excluding hydrogens is 405 g/mol. The van der Waals surface area contributed by atoms with Crippen molar-refractivity contribution in [3.63, 3.8) is 0 Å². The van der Waals surface area contributed by atoms with Gasteiger partial charge < -0.3 is 0 Å². The van der Waals surface area contributed by atoms with Crippen LogP contribution in [-0.2, 0) is 22.0 Å². The quantitative estimate of drug-likeness (QED) is 0.734. The Morgan fingerprint density at radius 2 is 1.70 bits per heavy atom. The van der Waals surface area contributed by atoms with Crippen LogP contribution in [0.15, 0.2) is 21.1 Å². The van der Waals surface area contributed by atoms with Gasteiger partial charge in [0.1, 0.15) is 16.7 Å². The molecule has 0 fully saturated rings. The third kappa shape index (κ3) is 9.39. The first kappa shape index (κ1) is 22.5. The highest BCUT2D eigenvalue weighted by Gasteiger charge is 2.18. The van der Waals surface area contributed by atoms with E-state index < -0.39 is 32.5 Å². The Labute approximate surface area is 150 Å². The van der Waals surface area contributed by atoms with E-state index >= 15 is 0 Å². The fraction of sp³-hybridized carbons (Fsp3) is 0.571. The molecule has 0 spiro atoms. The maximum Gasteiger partial charge on any atom is 0.151 e. The molecule has 1 aromatic heterocycles. The van der Waals surface area contributed by atoms with Crippen molar-refractivity contribution in [3.8, 4) is 0 Å². The third-order valence-electron chi connectivity index (χ3n) is 2.23. The lowest BCUT2D eigenvalue weighted by Crippen LogP contribution is -2.27. The van der Waals surface area contributed by atoms with E-state index in [-0.39, 0.29) is 10.4 Å². The van der Waals surface area contributed by atoms with Crippen LogP contribution < -0.4 is 5.14 Å². The van der Waals surface area contributed by atoms with E-state index in [1.165, 1.54) is 18.5 Å². The van der Waals surface area contributed by atoms with Crippen molar-refractivity contribution < 1.29 is 12.8 Å². The van der Waals surface area contributed by atoms with Crippen molar-refractivity contribution in [2.75, 3.05) is 0 Å². The van der Waals surface area contributed by atoms with Crippen LogP contribution in [0.5, 0.6) is 0 Å².